The van der Waals surface area contributed by atoms with Crippen molar-refractivity contribution in [1.82, 2.24) is 19.8 Å². The lowest BCUT2D eigenvalue weighted by molar-refractivity contribution is 0.123. The van der Waals surface area contributed by atoms with Crippen LogP contribution < -0.4 is 0 Å². The van der Waals surface area contributed by atoms with Gasteiger partial charge < -0.3 is 4.90 Å². The third-order valence-electron chi connectivity index (χ3n) is 3.51. The minimum absolute atomic E-state index is 0.810. The molecule has 2 rings (SSSR count). The summed E-state index contributed by atoms with van der Waals surface area (Å²) in [6.07, 6.45) is 6.73. The standard InChI is InChI=1S/C14H24N4/c1-13(2)3-4-17-5-7-18(8-6-17)11-14-9-15-12-16-10-14/h9-10,12-13H,3-8,11H2,1-2H3. The van der Waals surface area contributed by atoms with Crippen molar-refractivity contribution < 1.29 is 0 Å². The Bertz CT molecular complexity index is 331. The first-order valence-electron chi connectivity index (χ1n) is 6.92. The summed E-state index contributed by atoms with van der Waals surface area (Å²) in [6, 6.07) is 0. The van der Waals surface area contributed by atoms with Gasteiger partial charge >= 0.3 is 0 Å². The van der Waals surface area contributed by atoms with Gasteiger partial charge in [0.1, 0.15) is 6.33 Å². The molecule has 0 bridgehead atoms. The molecule has 0 N–H and O–H groups in total. The average Bonchev–Trinajstić information content (AvgIpc) is 2.39. The minimum atomic E-state index is 0.810. The van der Waals surface area contributed by atoms with Crippen LogP contribution in [-0.4, -0.2) is 52.5 Å². The van der Waals surface area contributed by atoms with Crippen LogP contribution in [0.4, 0.5) is 0 Å². The molecule has 0 spiro atoms. The molecule has 0 amide bonds. The Labute approximate surface area is 110 Å². The summed E-state index contributed by atoms with van der Waals surface area (Å²) in [4.78, 5) is 13.2. The highest BCUT2D eigenvalue weighted by Gasteiger charge is 2.16. The fraction of sp³-hybridized carbons (Fsp3) is 0.714. The number of aromatic nitrogens is 2. The van der Waals surface area contributed by atoms with E-state index in [1.165, 1.54) is 31.6 Å². The van der Waals surface area contributed by atoms with Crippen LogP contribution in [0.5, 0.6) is 0 Å². The van der Waals surface area contributed by atoms with Gasteiger partial charge in [-0.05, 0) is 18.9 Å². The lowest BCUT2D eigenvalue weighted by Gasteiger charge is -2.34. The second-order valence-electron chi connectivity index (χ2n) is 5.55. The molecule has 1 aromatic heterocycles. The maximum absolute atomic E-state index is 4.07. The summed E-state index contributed by atoms with van der Waals surface area (Å²) in [5, 5.41) is 0. The molecule has 0 saturated carbocycles. The van der Waals surface area contributed by atoms with Crippen LogP contribution in [0.2, 0.25) is 0 Å². The molecular weight excluding hydrogens is 224 g/mol. The number of hydrogen-bond donors (Lipinski definition) is 0. The highest BCUT2D eigenvalue weighted by molar-refractivity contribution is 5.02. The molecule has 0 aromatic carbocycles. The smallest absolute Gasteiger partial charge is 0.115 e. The van der Waals surface area contributed by atoms with Gasteiger partial charge in [-0.2, -0.15) is 0 Å². The molecule has 1 aliphatic rings. The predicted molar refractivity (Wildman–Crippen MR) is 73.2 cm³/mol. The zero-order chi connectivity index (χ0) is 12.8. The van der Waals surface area contributed by atoms with Crippen LogP contribution in [-0.2, 0) is 6.54 Å². The van der Waals surface area contributed by atoms with Crippen molar-refractivity contribution in [3.05, 3.63) is 24.3 Å². The van der Waals surface area contributed by atoms with E-state index in [1.807, 2.05) is 12.4 Å². The van der Waals surface area contributed by atoms with E-state index in [9.17, 15) is 0 Å². The molecule has 0 unspecified atom stereocenters. The van der Waals surface area contributed by atoms with Gasteiger partial charge in [-0.25, -0.2) is 9.97 Å². The van der Waals surface area contributed by atoms with Crippen LogP contribution in [0.1, 0.15) is 25.8 Å². The van der Waals surface area contributed by atoms with Crippen LogP contribution in [0, 0.1) is 5.92 Å². The third-order valence-corrected chi connectivity index (χ3v) is 3.51. The van der Waals surface area contributed by atoms with Gasteiger partial charge in [0.15, 0.2) is 0 Å². The minimum Gasteiger partial charge on any atom is -0.301 e. The lowest BCUT2D eigenvalue weighted by Crippen LogP contribution is -2.46. The second-order valence-corrected chi connectivity index (χ2v) is 5.55. The number of nitrogens with zero attached hydrogens (tertiary/aromatic N) is 4. The number of piperazine rings is 1. The molecule has 1 aromatic rings. The van der Waals surface area contributed by atoms with Crippen molar-refractivity contribution in [2.24, 2.45) is 5.92 Å². The van der Waals surface area contributed by atoms with Crippen molar-refractivity contribution in [1.29, 1.82) is 0 Å². The SMILES string of the molecule is CC(C)CCN1CCN(Cc2cncnc2)CC1. The monoisotopic (exact) mass is 248 g/mol. The van der Waals surface area contributed by atoms with Crippen LogP contribution >= 0.6 is 0 Å². The van der Waals surface area contributed by atoms with E-state index < -0.39 is 0 Å². The van der Waals surface area contributed by atoms with Crippen LogP contribution in [0.25, 0.3) is 0 Å². The van der Waals surface area contributed by atoms with Gasteiger partial charge in [0.05, 0.1) is 0 Å². The highest BCUT2D eigenvalue weighted by Crippen LogP contribution is 2.09. The zero-order valence-corrected chi connectivity index (χ0v) is 11.5. The Morgan fingerprint density at radius 2 is 1.67 bits per heavy atom. The number of hydrogen-bond acceptors (Lipinski definition) is 4. The fourth-order valence-corrected chi connectivity index (χ4v) is 2.28. The van der Waals surface area contributed by atoms with E-state index in [4.69, 9.17) is 0 Å². The molecule has 100 valence electrons. The first kappa shape index (κ1) is 13.4. The topological polar surface area (TPSA) is 32.3 Å². The molecular formula is C14H24N4. The molecule has 2 heterocycles. The Kier molecular flexibility index (Phi) is 5.08. The predicted octanol–water partition coefficient (Wildman–Crippen LogP) is 1.64. The maximum atomic E-state index is 4.07. The molecule has 4 heteroatoms. The molecule has 0 radical (unpaired) electrons. The van der Waals surface area contributed by atoms with E-state index in [0.29, 0.717) is 0 Å². The zero-order valence-electron chi connectivity index (χ0n) is 11.5. The molecule has 1 fully saturated rings. The molecule has 1 aliphatic heterocycles. The highest BCUT2D eigenvalue weighted by atomic mass is 15.3. The lowest BCUT2D eigenvalue weighted by atomic mass is 10.1. The normalized spacial score (nSPS) is 18.4. The van der Waals surface area contributed by atoms with Crippen molar-refractivity contribution in [2.45, 2.75) is 26.8 Å². The fourth-order valence-electron chi connectivity index (χ4n) is 2.28. The number of rotatable bonds is 5. The summed E-state index contributed by atoms with van der Waals surface area (Å²) in [5.74, 6) is 0.810. The van der Waals surface area contributed by atoms with Gasteiger partial charge in [0.2, 0.25) is 0 Å². The Hall–Kier alpha value is -1.00. The van der Waals surface area contributed by atoms with E-state index in [0.717, 1.165) is 25.6 Å². The summed E-state index contributed by atoms with van der Waals surface area (Å²) in [5.41, 5.74) is 1.22. The Morgan fingerprint density at radius 1 is 1.06 bits per heavy atom. The van der Waals surface area contributed by atoms with Crippen molar-refractivity contribution >= 4 is 0 Å². The maximum Gasteiger partial charge on any atom is 0.115 e. The quantitative estimate of drug-likeness (QED) is 0.793. The molecule has 0 atom stereocenters. The van der Waals surface area contributed by atoms with E-state index in [-0.39, 0.29) is 0 Å². The van der Waals surface area contributed by atoms with Gasteiger partial charge in [-0.1, -0.05) is 13.8 Å². The first-order valence-corrected chi connectivity index (χ1v) is 6.92. The van der Waals surface area contributed by atoms with Crippen molar-refractivity contribution in [3.8, 4) is 0 Å². The van der Waals surface area contributed by atoms with Crippen LogP contribution in [0.3, 0.4) is 0 Å². The molecule has 4 nitrogen and oxygen atoms in total. The largest absolute Gasteiger partial charge is 0.301 e. The van der Waals surface area contributed by atoms with Gasteiger partial charge in [0.25, 0.3) is 0 Å². The van der Waals surface area contributed by atoms with Crippen molar-refractivity contribution in [2.75, 3.05) is 32.7 Å². The molecule has 18 heavy (non-hydrogen) atoms. The van der Waals surface area contributed by atoms with E-state index in [2.05, 4.69) is 33.6 Å². The second kappa shape index (κ2) is 6.81. The average molecular weight is 248 g/mol. The first-order chi connectivity index (χ1) is 8.74. The summed E-state index contributed by atoms with van der Waals surface area (Å²) in [6.45, 7) is 11.5. The Morgan fingerprint density at radius 3 is 2.28 bits per heavy atom. The Balaban J connectivity index is 1.70. The molecule has 1 saturated heterocycles. The third kappa shape index (κ3) is 4.35. The summed E-state index contributed by atoms with van der Waals surface area (Å²) in [7, 11) is 0. The summed E-state index contributed by atoms with van der Waals surface area (Å²) < 4.78 is 0. The van der Waals surface area contributed by atoms with E-state index in [1.54, 1.807) is 6.33 Å². The van der Waals surface area contributed by atoms with Gasteiger partial charge in [0, 0.05) is 50.7 Å². The summed E-state index contributed by atoms with van der Waals surface area (Å²) >= 11 is 0. The van der Waals surface area contributed by atoms with Crippen LogP contribution in [0.15, 0.2) is 18.7 Å². The van der Waals surface area contributed by atoms with Gasteiger partial charge in [-0.15, -0.1) is 0 Å². The van der Waals surface area contributed by atoms with Crippen molar-refractivity contribution in [3.63, 3.8) is 0 Å². The van der Waals surface area contributed by atoms with Gasteiger partial charge in [-0.3, -0.25) is 4.90 Å². The molecule has 0 aliphatic carbocycles. The van der Waals surface area contributed by atoms with E-state index >= 15 is 0 Å².